The highest BCUT2D eigenvalue weighted by Crippen LogP contribution is 2.56. The van der Waals surface area contributed by atoms with Crippen molar-refractivity contribution in [2.24, 2.45) is 5.92 Å². The number of aromatic nitrogens is 1. The highest BCUT2D eigenvalue weighted by Gasteiger charge is 2.64. The summed E-state index contributed by atoms with van der Waals surface area (Å²) in [5.41, 5.74) is 5.03. The maximum Gasteiger partial charge on any atom is 0.247 e. The molecule has 5 heterocycles. The lowest BCUT2D eigenvalue weighted by molar-refractivity contribution is -0.148. The number of para-hydroxylation sites is 2. The molecule has 240 valence electrons. The Hall–Kier alpha value is -5.12. The minimum Gasteiger partial charge on any atom is -0.364 e. The summed E-state index contributed by atoms with van der Waals surface area (Å²) in [6.07, 6.45) is 3.19. The average molecular weight is 631 g/mol. The summed E-state index contributed by atoms with van der Waals surface area (Å²) in [4.78, 5) is 59.2. The van der Waals surface area contributed by atoms with Gasteiger partial charge in [-0.05, 0) is 47.1 Å². The lowest BCUT2D eigenvalue weighted by atomic mass is 9.71. The van der Waals surface area contributed by atoms with Gasteiger partial charge in [0.25, 0.3) is 0 Å². The molecule has 0 spiro atoms. The standard InChI is InChI=1S/C37H38N6O4/c1-20(2)15-27-32(44)40-28(33(45)39-27)17-22-19-38-31-23(22)11-8-13-25(31)37-18-30-34(46)41-29(16-21-9-4-3-5-10-21)35(47)43(30)36(37)42-26-14-7-6-12-24(26)37/h3-14,19-20,27-30,36,38,42H,15-18H2,1-2H3,(H,39,45)(H,40,44)(H,41,46)/t27-,28+,29-,30+,36-,37-/m1/s1. The van der Waals surface area contributed by atoms with E-state index in [1.807, 2.05) is 80.7 Å². The van der Waals surface area contributed by atoms with Crippen LogP contribution in [0.5, 0.6) is 0 Å². The van der Waals surface area contributed by atoms with Gasteiger partial charge in [0.2, 0.25) is 23.6 Å². The lowest BCUT2D eigenvalue weighted by Gasteiger charge is -2.38. The molecular weight excluding hydrogens is 592 g/mol. The summed E-state index contributed by atoms with van der Waals surface area (Å²) in [6.45, 7) is 4.05. The fourth-order valence-electron chi connectivity index (χ4n) is 8.36. The predicted octanol–water partition coefficient (Wildman–Crippen LogP) is 3.12. The van der Waals surface area contributed by atoms with Crippen LogP contribution in [0.1, 0.15) is 48.9 Å². The summed E-state index contributed by atoms with van der Waals surface area (Å²) in [5, 5.41) is 13.5. The molecule has 47 heavy (non-hydrogen) atoms. The quantitative estimate of drug-likeness (QED) is 0.214. The fraction of sp³-hybridized carbons (Fsp3) is 0.351. The second-order valence-electron chi connectivity index (χ2n) is 13.8. The molecule has 3 saturated heterocycles. The molecule has 6 atom stereocenters. The van der Waals surface area contributed by atoms with E-state index in [-0.39, 0.29) is 29.5 Å². The second kappa shape index (κ2) is 11.0. The molecule has 8 rings (SSSR count). The van der Waals surface area contributed by atoms with Gasteiger partial charge < -0.3 is 31.2 Å². The molecule has 1 aromatic heterocycles. The smallest absolute Gasteiger partial charge is 0.247 e. The van der Waals surface area contributed by atoms with Gasteiger partial charge in [0.1, 0.15) is 30.3 Å². The van der Waals surface area contributed by atoms with Gasteiger partial charge >= 0.3 is 0 Å². The third kappa shape index (κ3) is 4.60. The highest BCUT2D eigenvalue weighted by atomic mass is 16.2. The highest BCUT2D eigenvalue weighted by molar-refractivity contribution is 6.00. The number of rotatable bonds is 7. The Labute approximate surface area is 272 Å². The molecule has 3 aromatic carbocycles. The first-order valence-electron chi connectivity index (χ1n) is 16.5. The first-order valence-corrected chi connectivity index (χ1v) is 16.5. The van der Waals surface area contributed by atoms with Crippen LogP contribution >= 0.6 is 0 Å². The molecular formula is C37H38N6O4. The van der Waals surface area contributed by atoms with E-state index in [4.69, 9.17) is 0 Å². The predicted molar refractivity (Wildman–Crippen MR) is 177 cm³/mol. The van der Waals surface area contributed by atoms with Crippen LogP contribution in [0.4, 0.5) is 5.69 Å². The van der Waals surface area contributed by atoms with E-state index in [9.17, 15) is 19.2 Å². The number of piperazine rings is 2. The van der Waals surface area contributed by atoms with Crippen LogP contribution in [0.25, 0.3) is 10.9 Å². The SMILES string of the molecule is CC(C)C[C@H]1NC(=O)[C@H](Cc2c[nH]c3c([C@]45C[C@H]6C(=O)N[C@H](Cc7ccccc7)C(=O)N6[C@H]4Nc4ccccc45)cccc23)NC1=O. The fourth-order valence-corrected chi connectivity index (χ4v) is 8.36. The monoisotopic (exact) mass is 630 g/mol. The largest absolute Gasteiger partial charge is 0.364 e. The first kappa shape index (κ1) is 29.3. The zero-order valence-electron chi connectivity index (χ0n) is 26.4. The molecule has 4 amide bonds. The van der Waals surface area contributed by atoms with E-state index in [1.165, 1.54) is 0 Å². The maximum atomic E-state index is 14.2. The number of anilines is 1. The third-order valence-electron chi connectivity index (χ3n) is 10.4. The van der Waals surface area contributed by atoms with Crippen molar-refractivity contribution in [3.8, 4) is 0 Å². The van der Waals surface area contributed by atoms with E-state index >= 15 is 0 Å². The minimum absolute atomic E-state index is 0.0974. The van der Waals surface area contributed by atoms with E-state index < -0.39 is 35.7 Å². The van der Waals surface area contributed by atoms with Crippen molar-refractivity contribution in [2.75, 3.05) is 5.32 Å². The molecule has 4 aliphatic heterocycles. The average Bonchev–Trinajstić information content (AvgIpc) is 3.72. The summed E-state index contributed by atoms with van der Waals surface area (Å²) in [7, 11) is 0. The van der Waals surface area contributed by atoms with Crippen LogP contribution in [0.15, 0.2) is 79.0 Å². The molecule has 10 heteroatoms. The first-order chi connectivity index (χ1) is 22.7. The van der Waals surface area contributed by atoms with Gasteiger partial charge in [-0.2, -0.15) is 0 Å². The number of nitrogens with one attached hydrogen (secondary N) is 5. The summed E-state index contributed by atoms with van der Waals surface area (Å²) in [6, 6.07) is 21.4. The zero-order chi connectivity index (χ0) is 32.4. The van der Waals surface area contributed by atoms with Gasteiger partial charge in [-0.1, -0.05) is 80.6 Å². The van der Waals surface area contributed by atoms with Crippen molar-refractivity contribution >= 4 is 40.2 Å². The summed E-state index contributed by atoms with van der Waals surface area (Å²) in [5.74, 6) is -0.307. The molecule has 0 bridgehead atoms. The van der Waals surface area contributed by atoms with Crippen molar-refractivity contribution in [3.63, 3.8) is 0 Å². The van der Waals surface area contributed by atoms with Gasteiger partial charge in [-0.25, -0.2) is 0 Å². The Morgan fingerprint density at radius 2 is 1.45 bits per heavy atom. The Morgan fingerprint density at radius 1 is 0.745 bits per heavy atom. The number of carbonyl (C=O) groups is 4. The molecule has 10 nitrogen and oxygen atoms in total. The molecule has 3 fully saturated rings. The Balaban J connectivity index is 1.16. The van der Waals surface area contributed by atoms with Gasteiger partial charge in [0.15, 0.2) is 0 Å². The molecule has 4 aliphatic rings. The third-order valence-corrected chi connectivity index (χ3v) is 10.4. The number of H-pyrrole nitrogens is 1. The molecule has 0 aliphatic carbocycles. The van der Waals surface area contributed by atoms with Gasteiger partial charge in [0.05, 0.1) is 5.41 Å². The number of hydrogen-bond acceptors (Lipinski definition) is 5. The van der Waals surface area contributed by atoms with Crippen molar-refractivity contribution < 1.29 is 19.2 Å². The Bertz CT molecular complexity index is 1920. The van der Waals surface area contributed by atoms with Gasteiger partial charge in [0, 0.05) is 35.6 Å². The molecule has 5 N–H and O–H groups in total. The number of amides is 4. The molecule has 0 radical (unpaired) electrons. The van der Waals surface area contributed by atoms with Crippen LogP contribution < -0.4 is 21.3 Å². The minimum atomic E-state index is -0.710. The number of benzene rings is 3. The van der Waals surface area contributed by atoms with Crippen molar-refractivity contribution in [3.05, 3.63) is 101 Å². The van der Waals surface area contributed by atoms with E-state index in [0.29, 0.717) is 25.7 Å². The van der Waals surface area contributed by atoms with E-state index in [0.717, 1.165) is 38.8 Å². The van der Waals surface area contributed by atoms with Crippen LogP contribution in [-0.4, -0.2) is 63.8 Å². The Kier molecular flexibility index (Phi) is 6.86. The van der Waals surface area contributed by atoms with Crippen molar-refractivity contribution in [2.45, 2.75) is 75.3 Å². The van der Waals surface area contributed by atoms with Crippen LogP contribution in [0.2, 0.25) is 0 Å². The number of aromatic amines is 1. The topological polar surface area (TPSA) is 135 Å². The number of fused-ring (bicyclic) bond motifs is 6. The zero-order valence-corrected chi connectivity index (χ0v) is 26.4. The molecule has 4 aromatic rings. The maximum absolute atomic E-state index is 14.2. The normalized spacial score (nSPS) is 28.0. The number of hydrogen-bond donors (Lipinski definition) is 5. The molecule has 0 unspecified atom stereocenters. The van der Waals surface area contributed by atoms with Crippen LogP contribution in [-0.2, 0) is 37.4 Å². The number of carbonyl (C=O) groups excluding carboxylic acids is 4. The number of nitrogens with zero attached hydrogens (tertiary/aromatic N) is 1. The van der Waals surface area contributed by atoms with E-state index in [1.54, 1.807) is 4.90 Å². The van der Waals surface area contributed by atoms with E-state index in [2.05, 4.69) is 38.4 Å². The second-order valence-corrected chi connectivity index (χ2v) is 13.8. The lowest BCUT2D eigenvalue weighted by Crippen LogP contribution is -2.64. The summed E-state index contributed by atoms with van der Waals surface area (Å²) >= 11 is 0. The van der Waals surface area contributed by atoms with Crippen molar-refractivity contribution in [1.29, 1.82) is 0 Å². The van der Waals surface area contributed by atoms with Crippen molar-refractivity contribution in [1.82, 2.24) is 25.8 Å². The van der Waals surface area contributed by atoms with Crippen LogP contribution in [0, 0.1) is 5.92 Å². The Morgan fingerprint density at radius 3 is 2.26 bits per heavy atom. The summed E-state index contributed by atoms with van der Waals surface area (Å²) < 4.78 is 0. The van der Waals surface area contributed by atoms with Gasteiger partial charge in [-0.15, -0.1) is 0 Å². The molecule has 0 saturated carbocycles. The van der Waals surface area contributed by atoms with Crippen LogP contribution in [0.3, 0.4) is 0 Å². The van der Waals surface area contributed by atoms with Gasteiger partial charge in [-0.3, -0.25) is 19.2 Å².